The van der Waals surface area contributed by atoms with E-state index in [1.165, 1.54) is 13.2 Å². The Balaban J connectivity index is 2.51. The molecule has 0 aliphatic carbocycles. The Morgan fingerprint density at radius 1 is 1.62 bits per heavy atom. The Hall–Kier alpha value is -1.71. The molecule has 0 saturated carbocycles. The minimum Gasteiger partial charge on any atom is -0.495 e. The van der Waals surface area contributed by atoms with Crippen molar-refractivity contribution in [1.82, 2.24) is 0 Å². The standard InChI is InChI=1S/C10H8ClNO4/c1-14-9-6(3-12-4-13)2-7-10(8(9)11)16-5-15-7/h2H,3,5H2,1H3. The van der Waals surface area contributed by atoms with Crippen LogP contribution in [0.2, 0.25) is 5.02 Å². The quantitative estimate of drug-likeness (QED) is 0.599. The minimum atomic E-state index is 0.124. The van der Waals surface area contributed by atoms with E-state index in [9.17, 15) is 4.79 Å². The fourth-order valence-corrected chi connectivity index (χ4v) is 1.84. The number of benzene rings is 1. The predicted molar refractivity (Wildman–Crippen MR) is 56.0 cm³/mol. The van der Waals surface area contributed by atoms with Crippen LogP contribution in [-0.4, -0.2) is 20.0 Å². The van der Waals surface area contributed by atoms with Crippen molar-refractivity contribution in [2.75, 3.05) is 13.9 Å². The number of hydrogen-bond acceptors (Lipinski definition) is 5. The van der Waals surface area contributed by atoms with Crippen LogP contribution in [0.25, 0.3) is 0 Å². The van der Waals surface area contributed by atoms with Gasteiger partial charge in [-0.1, -0.05) is 11.6 Å². The molecule has 0 N–H and O–H groups in total. The van der Waals surface area contributed by atoms with E-state index in [2.05, 4.69) is 4.99 Å². The van der Waals surface area contributed by atoms with E-state index in [0.717, 1.165) is 0 Å². The first-order valence-corrected chi connectivity index (χ1v) is 4.84. The van der Waals surface area contributed by atoms with Crippen molar-refractivity contribution >= 4 is 17.7 Å². The first kappa shape index (κ1) is 10.8. The maximum Gasteiger partial charge on any atom is 0.235 e. The van der Waals surface area contributed by atoms with Gasteiger partial charge in [0.05, 0.1) is 13.7 Å². The van der Waals surface area contributed by atoms with Crippen LogP contribution in [0.15, 0.2) is 11.1 Å². The van der Waals surface area contributed by atoms with Gasteiger partial charge in [-0.2, -0.15) is 0 Å². The number of aliphatic imine (C=N–C) groups is 1. The monoisotopic (exact) mass is 241 g/mol. The first-order valence-electron chi connectivity index (χ1n) is 4.46. The van der Waals surface area contributed by atoms with Gasteiger partial charge in [0.15, 0.2) is 11.5 Å². The number of halogens is 1. The fourth-order valence-electron chi connectivity index (χ4n) is 1.49. The van der Waals surface area contributed by atoms with Crippen molar-refractivity contribution in [3.63, 3.8) is 0 Å². The maximum atomic E-state index is 10.1. The Morgan fingerprint density at radius 3 is 3.12 bits per heavy atom. The predicted octanol–water partition coefficient (Wildman–Crippen LogP) is 1.91. The van der Waals surface area contributed by atoms with Crippen LogP contribution in [0.3, 0.4) is 0 Å². The van der Waals surface area contributed by atoms with E-state index >= 15 is 0 Å². The van der Waals surface area contributed by atoms with Gasteiger partial charge in [0, 0.05) is 5.56 Å². The van der Waals surface area contributed by atoms with Crippen molar-refractivity contribution in [2.45, 2.75) is 6.54 Å². The molecule has 0 saturated heterocycles. The van der Waals surface area contributed by atoms with Crippen LogP contribution in [0.5, 0.6) is 17.2 Å². The van der Waals surface area contributed by atoms with E-state index < -0.39 is 0 Å². The summed E-state index contributed by atoms with van der Waals surface area (Å²) in [6, 6.07) is 1.69. The van der Waals surface area contributed by atoms with Crippen LogP contribution in [0.4, 0.5) is 0 Å². The van der Waals surface area contributed by atoms with Gasteiger partial charge in [0.2, 0.25) is 12.9 Å². The van der Waals surface area contributed by atoms with Gasteiger partial charge >= 0.3 is 0 Å². The molecule has 0 fully saturated rings. The van der Waals surface area contributed by atoms with Gasteiger partial charge in [-0.25, -0.2) is 9.79 Å². The molecule has 84 valence electrons. The molecule has 1 aliphatic heterocycles. The summed E-state index contributed by atoms with van der Waals surface area (Å²) in [6.45, 7) is 0.266. The summed E-state index contributed by atoms with van der Waals surface area (Å²) in [5.74, 6) is 1.42. The SMILES string of the molecule is COc1c(CN=C=O)cc2c(c1Cl)OCO2. The molecule has 0 atom stereocenters. The zero-order valence-corrected chi connectivity index (χ0v) is 9.21. The highest BCUT2D eigenvalue weighted by atomic mass is 35.5. The third-order valence-corrected chi connectivity index (χ3v) is 2.50. The van der Waals surface area contributed by atoms with Crippen LogP contribution in [0, 0.1) is 0 Å². The summed E-state index contributed by atoms with van der Waals surface area (Å²) in [7, 11) is 1.48. The van der Waals surface area contributed by atoms with Crippen molar-refractivity contribution in [3.8, 4) is 17.2 Å². The second-order valence-electron chi connectivity index (χ2n) is 3.02. The average Bonchev–Trinajstić information content (AvgIpc) is 2.75. The number of fused-ring (bicyclic) bond motifs is 1. The summed E-state index contributed by atoms with van der Waals surface area (Å²) in [4.78, 5) is 13.6. The van der Waals surface area contributed by atoms with Gasteiger partial charge in [-0.3, -0.25) is 0 Å². The molecule has 1 aromatic carbocycles. The number of isocyanates is 1. The maximum absolute atomic E-state index is 10.1. The van der Waals surface area contributed by atoms with E-state index in [-0.39, 0.29) is 13.3 Å². The minimum absolute atomic E-state index is 0.124. The fraction of sp³-hybridized carbons (Fsp3) is 0.300. The molecule has 6 heteroatoms. The van der Waals surface area contributed by atoms with Gasteiger partial charge in [-0.15, -0.1) is 0 Å². The van der Waals surface area contributed by atoms with E-state index in [1.54, 1.807) is 6.07 Å². The topological polar surface area (TPSA) is 57.1 Å². The Morgan fingerprint density at radius 2 is 2.44 bits per heavy atom. The van der Waals surface area contributed by atoms with Crippen LogP contribution in [0.1, 0.15) is 5.56 Å². The highest BCUT2D eigenvalue weighted by Crippen LogP contribution is 2.46. The van der Waals surface area contributed by atoms with Crippen LogP contribution < -0.4 is 14.2 Å². The number of rotatable bonds is 3. The molecule has 0 amide bonds. The lowest BCUT2D eigenvalue weighted by atomic mass is 10.1. The summed E-state index contributed by atoms with van der Waals surface area (Å²) in [6.07, 6.45) is 1.46. The Kier molecular flexibility index (Phi) is 2.99. The average molecular weight is 242 g/mol. The summed E-state index contributed by atoms with van der Waals surface area (Å²) >= 11 is 6.07. The lowest BCUT2D eigenvalue weighted by Gasteiger charge is -2.10. The molecular weight excluding hydrogens is 234 g/mol. The van der Waals surface area contributed by atoms with E-state index in [1.807, 2.05) is 0 Å². The number of nitrogens with zero attached hydrogens (tertiary/aromatic N) is 1. The van der Waals surface area contributed by atoms with Gasteiger partial charge < -0.3 is 14.2 Å². The number of carbonyl (C=O) groups excluding carboxylic acids is 1. The summed E-state index contributed by atoms with van der Waals surface area (Å²) < 4.78 is 15.5. The second kappa shape index (κ2) is 4.43. The number of methoxy groups -OCH3 is 1. The zero-order valence-electron chi connectivity index (χ0n) is 8.45. The summed E-state index contributed by atoms with van der Waals surface area (Å²) in [5.41, 5.74) is 0.653. The van der Waals surface area contributed by atoms with Crippen molar-refractivity contribution in [2.24, 2.45) is 4.99 Å². The lowest BCUT2D eigenvalue weighted by Crippen LogP contribution is -1.93. The molecule has 1 heterocycles. The van der Waals surface area contributed by atoms with Gasteiger partial charge in [0.25, 0.3) is 0 Å². The highest BCUT2D eigenvalue weighted by molar-refractivity contribution is 6.34. The molecule has 1 aromatic rings. The van der Waals surface area contributed by atoms with Crippen molar-refractivity contribution in [3.05, 3.63) is 16.7 Å². The molecule has 0 spiro atoms. The van der Waals surface area contributed by atoms with E-state index in [4.69, 9.17) is 25.8 Å². The molecule has 0 bridgehead atoms. The number of ether oxygens (including phenoxy) is 3. The van der Waals surface area contributed by atoms with Crippen LogP contribution >= 0.6 is 11.6 Å². The second-order valence-corrected chi connectivity index (χ2v) is 3.40. The molecule has 1 aliphatic rings. The Bertz CT molecular complexity index is 468. The van der Waals surface area contributed by atoms with Crippen molar-refractivity contribution < 1.29 is 19.0 Å². The molecule has 2 rings (SSSR count). The lowest BCUT2D eigenvalue weighted by molar-refractivity contribution is 0.174. The Labute approximate surface area is 96.6 Å². The normalized spacial score (nSPS) is 12.1. The molecule has 5 nitrogen and oxygen atoms in total. The first-order chi connectivity index (χ1) is 7.77. The largest absolute Gasteiger partial charge is 0.495 e. The molecular formula is C10H8ClNO4. The van der Waals surface area contributed by atoms with Gasteiger partial charge in [0.1, 0.15) is 10.8 Å². The number of hydrogen-bond donors (Lipinski definition) is 0. The third-order valence-electron chi connectivity index (χ3n) is 2.16. The van der Waals surface area contributed by atoms with Crippen molar-refractivity contribution in [1.29, 1.82) is 0 Å². The zero-order chi connectivity index (χ0) is 11.5. The van der Waals surface area contributed by atoms with E-state index in [0.29, 0.717) is 27.8 Å². The molecule has 0 radical (unpaired) electrons. The van der Waals surface area contributed by atoms with Crippen LogP contribution in [-0.2, 0) is 11.3 Å². The highest BCUT2D eigenvalue weighted by Gasteiger charge is 2.23. The smallest absolute Gasteiger partial charge is 0.235 e. The van der Waals surface area contributed by atoms with Gasteiger partial charge in [-0.05, 0) is 6.07 Å². The third kappa shape index (κ3) is 1.71. The molecule has 0 aromatic heterocycles. The molecule has 16 heavy (non-hydrogen) atoms. The summed E-state index contributed by atoms with van der Waals surface area (Å²) in [5, 5.41) is 0.327. The molecule has 0 unspecified atom stereocenters.